The van der Waals surface area contributed by atoms with Gasteiger partial charge in [0, 0.05) is 22.4 Å². The SMILES string of the molecule is O=C(CSc1nc2ccccc2n1-c1ccccc1)Nc1cccc2c1C(=O)c1ccccc1C2=O. The maximum absolute atomic E-state index is 13.2. The van der Waals surface area contributed by atoms with Crippen molar-refractivity contribution in [2.75, 3.05) is 11.1 Å². The van der Waals surface area contributed by atoms with Gasteiger partial charge in [-0.15, -0.1) is 0 Å². The zero-order valence-electron chi connectivity index (χ0n) is 19.0. The Balaban J connectivity index is 1.27. The summed E-state index contributed by atoms with van der Waals surface area (Å²) in [6.07, 6.45) is 0. The van der Waals surface area contributed by atoms with Crippen molar-refractivity contribution < 1.29 is 14.4 Å². The van der Waals surface area contributed by atoms with Crippen molar-refractivity contribution in [2.45, 2.75) is 5.16 Å². The molecule has 0 saturated heterocycles. The highest BCUT2D eigenvalue weighted by Crippen LogP contribution is 2.32. The Morgan fingerprint density at radius 1 is 0.750 bits per heavy atom. The van der Waals surface area contributed by atoms with Crippen LogP contribution in [0.15, 0.2) is 102 Å². The predicted octanol–water partition coefficient (Wildman–Crippen LogP) is 5.53. The molecule has 0 spiro atoms. The average molecular weight is 490 g/mol. The highest BCUT2D eigenvalue weighted by molar-refractivity contribution is 7.99. The number of rotatable bonds is 5. The monoisotopic (exact) mass is 489 g/mol. The molecule has 0 atom stereocenters. The average Bonchev–Trinajstić information content (AvgIpc) is 3.29. The second-order valence-electron chi connectivity index (χ2n) is 8.32. The number of thioether (sulfide) groups is 1. The molecule has 1 aliphatic carbocycles. The Morgan fingerprint density at radius 2 is 1.42 bits per heavy atom. The normalized spacial score (nSPS) is 12.3. The molecule has 0 bridgehead atoms. The topological polar surface area (TPSA) is 81.1 Å². The molecule has 1 aliphatic rings. The number of nitrogens with one attached hydrogen (secondary N) is 1. The molecule has 36 heavy (non-hydrogen) atoms. The van der Waals surface area contributed by atoms with E-state index in [9.17, 15) is 14.4 Å². The lowest BCUT2D eigenvalue weighted by molar-refractivity contribution is -0.113. The molecular weight excluding hydrogens is 470 g/mol. The van der Waals surface area contributed by atoms with E-state index in [1.165, 1.54) is 11.8 Å². The van der Waals surface area contributed by atoms with Crippen molar-refractivity contribution in [2.24, 2.45) is 0 Å². The van der Waals surface area contributed by atoms with Crippen molar-refractivity contribution in [1.82, 2.24) is 9.55 Å². The molecule has 0 fully saturated rings. The number of nitrogens with zero attached hydrogens (tertiary/aromatic N) is 2. The quantitative estimate of drug-likeness (QED) is 0.322. The van der Waals surface area contributed by atoms with Gasteiger partial charge in [0.05, 0.1) is 28.0 Å². The number of hydrogen-bond acceptors (Lipinski definition) is 5. The Labute approximate surface area is 211 Å². The van der Waals surface area contributed by atoms with E-state index in [0.717, 1.165) is 16.7 Å². The number of fused-ring (bicyclic) bond motifs is 3. The summed E-state index contributed by atoms with van der Waals surface area (Å²) >= 11 is 1.31. The third kappa shape index (κ3) is 3.70. The van der Waals surface area contributed by atoms with Crippen molar-refractivity contribution in [3.8, 4) is 5.69 Å². The molecule has 0 aliphatic heterocycles. The molecule has 1 amide bonds. The summed E-state index contributed by atoms with van der Waals surface area (Å²) in [7, 11) is 0. The van der Waals surface area contributed by atoms with Gasteiger partial charge in [-0.2, -0.15) is 0 Å². The van der Waals surface area contributed by atoms with E-state index < -0.39 is 0 Å². The molecule has 4 aromatic carbocycles. The molecule has 6 nitrogen and oxygen atoms in total. The minimum Gasteiger partial charge on any atom is -0.325 e. The van der Waals surface area contributed by atoms with Crippen LogP contribution >= 0.6 is 11.8 Å². The molecule has 0 radical (unpaired) electrons. The fourth-order valence-electron chi connectivity index (χ4n) is 4.49. The Hall–Kier alpha value is -4.49. The van der Waals surface area contributed by atoms with Crippen LogP contribution in [-0.4, -0.2) is 32.8 Å². The molecular formula is C29H19N3O3S. The van der Waals surface area contributed by atoms with Gasteiger partial charge in [0.15, 0.2) is 16.7 Å². The van der Waals surface area contributed by atoms with Crippen LogP contribution in [0.4, 0.5) is 5.69 Å². The van der Waals surface area contributed by atoms with E-state index in [1.54, 1.807) is 42.5 Å². The number of anilines is 1. The molecule has 1 aromatic heterocycles. The third-order valence-electron chi connectivity index (χ3n) is 6.10. The summed E-state index contributed by atoms with van der Waals surface area (Å²) in [5.74, 6) is -0.700. The lowest BCUT2D eigenvalue weighted by atomic mass is 9.83. The fourth-order valence-corrected chi connectivity index (χ4v) is 5.32. The summed E-state index contributed by atoms with van der Waals surface area (Å²) < 4.78 is 2.02. The maximum atomic E-state index is 13.2. The van der Waals surface area contributed by atoms with Crippen molar-refractivity contribution in [3.05, 3.63) is 119 Å². The van der Waals surface area contributed by atoms with Crippen LogP contribution in [0.3, 0.4) is 0 Å². The lowest BCUT2D eigenvalue weighted by Crippen LogP contribution is -2.24. The summed E-state index contributed by atoms with van der Waals surface area (Å²) in [5.41, 5.74) is 4.34. The van der Waals surface area contributed by atoms with Gasteiger partial charge in [-0.05, 0) is 30.3 Å². The highest BCUT2D eigenvalue weighted by atomic mass is 32.2. The van der Waals surface area contributed by atoms with Gasteiger partial charge in [0.1, 0.15) is 0 Å². The van der Waals surface area contributed by atoms with E-state index >= 15 is 0 Å². The number of carbonyl (C=O) groups excluding carboxylic acids is 3. The molecule has 6 rings (SSSR count). The number of imidazole rings is 1. The van der Waals surface area contributed by atoms with Crippen molar-refractivity contribution in [1.29, 1.82) is 0 Å². The highest BCUT2D eigenvalue weighted by Gasteiger charge is 2.31. The van der Waals surface area contributed by atoms with Gasteiger partial charge >= 0.3 is 0 Å². The molecule has 174 valence electrons. The number of aromatic nitrogens is 2. The van der Waals surface area contributed by atoms with Crippen LogP contribution in [0.25, 0.3) is 16.7 Å². The Morgan fingerprint density at radius 3 is 2.22 bits per heavy atom. The van der Waals surface area contributed by atoms with Crippen LogP contribution in [0.2, 0.25) is 0 Å². The second-order valence-corrected chi connectivity index (χ2v) is 9.27. The minimum absolute atomic E-state index is 0.0819. The van der Waals surface area contributed by atoms with Gasteiger partial charge in [-0.1, -0.05) is 78.5 Å². The van der Waals surface area contributed by atoms with Gasteiger partial charge in [0.2, 0.25) is 5.91 Å². The van der Waals surface area contributed by atoms with E-state index in [4.69, 9.17) is 4.98 Å². The van der Waals surface area contributed by atoms with Crippen LogP contribution in [0.1, 0.15) is 31.8 Å². The Bertz CT molecular complexity index is 1670. The van der Waals surface area contributed by atoms with Crippen molar-refractivity contribution >= 4 is 46.0 Å². The fraction of sp³-hybridized carbons (Fsp3) is 0.0345. The number of benzene rings is 4. The van der Waals surface area contributed by atoms with Gasteiger partial charge in [0.25, 0.3) is 0 Å². The van der Waals surface area contributed by atoms with Gasteiger partial charge in [-0.25, -0.2) is 4.98 Å². The smallest absolute Gasteiger partial charge is 0.234 e. The predicted molar refractivity (Wildman–Crippen MR) is 140 cm³/mol. The van der Waals surface area contributed by atoms with Crippen LogP contribution in [-0.2, 0) is 4.79 Å². The van der Waals surface area contributed by atoms with Gasteiger partial charge in [-0.3, -0.25) is 19.0 Å². The molecule has 0 saturated carbocycles. The Kier molecular flexibility index (Phi) is 5.47. The van der Waals surface area contributed by atoms with E-state index in [0.29, 0.717) is 27.5 Å². The zero-order chi connectivity index (χ0) is 24.6. The van der Waals surface area contributed by atoms with Crippen LogP contribution in [0.5, 0.6) is 0 Å². The third-order valence-corrected chi connectivity index (χ3v) is 7.04. The first-order chi connectivity index (χ1) is 17.6. The van der Waals surface area contributed by atoms with E-state index in [-0.39, 0.29) is 28.8 Å². The largest absolute Gasteiger partial charge is 0.325 e. The van der Waals surface area contributed by atoms with Crippen molar-refractivity contribution in [3.63, 3.8) is 0 Å². The summed E-state index contributed by atoms with van der Waals surface area (Å²) in [6, 6.07) is 29.4. The first-order valence-corrected chi connectivity index (χ1v) is 12.4. The second kappa shape index (κ2) is 8.94. The number of amides is 1. The summed E-state index contributed by atoms with van der Waals surface area (Å²) in [5, 5.41) is 3.53. The molecule has 1 heterocycles. The molecule has 0 unspecified atom stereocenters. The zero-order valence-corrected chi connectivity index (χ0v) is 19.8. The van der Waals surface area contributed by atoms with E-state index in [2.05, 4.69) is 5.32 Å². The number of carbonyl (C=O) groups is 3. The number of para-hydroxylation sites is 3. The van der Waals surface area contributed by atoms with Crippen LogP contribution in [0, 0.1) is 0 Å². The summed E-state index contributed by atoms with van der Waals surface area (Å²) in [4.78, 5) is 43.9. The first kappa shape index (κ1) is 22.0. The van der Waals surface area contributed by atoms with Crippen LogP contribution < -0.4 is 5.32 Å². The van der Waals surface area contributed by atoms with E-state index in [1.807, 2.05) is 59.2 Å². The lowest BCUT2D eigenvalue weighted by Gasteiger charge is -2.20. The molecule has 1 N–H and O–H groups in total. The molecule has 7 heteroatoms. The standard InChI is InChI=1S/C29H19N3O3S/c33-25(17-36-29-31-22-14-6-7-16-24(22)32(29)18-9-2-1-3-10-18)30-23-15-8-13-21-26(23)28(35)20-12-5-4-11-19(20)27(21)34/h1-16H,17H2,(H,30,33). The maximum Gasteiger partial charge on any atom is 0.234 e. The number of ketones is 2. The minimum atomic E-state index is -0.292. The summed E-state index contributed by atoms with van der Waals surface area (Å²) in [6.45, 7) is 0. The first-order valence-electron chi connectivity index (χ1n) is 11.4. The number of hydrogen-bond donors (Lipinski definition) is 1. The molecule has 5 aromatic rings. The van der Waals surface area contributed by atoms with Gasteiger partial charge < -0.3 is 5.32 Å².